The molecule has 1 N–H and O–H groups in total. The number of nitrogens with zero attached hydrogens (tertiary/aromatic N) is 4. The van der Waals surface area contributed by atoms with Crippen LogP contribution in [0.3, 0.4) is 0 Å². The summed E-state index contributed by atoms with van der Waals surface area (Å²) in [6.45, 7) is 7.15. The van der Waals surface area contributed by atoms with E-state index in [1.54, 1.807) is 22.7 Å². The van der Waals surface area contributed by atoms with Crippen LogP contribution in [0.2, 0.25) is 0 Å². The van der Waals surface area contributed by atoms with Gasteiger partial charge in [0, 0.05) is 27.2 Å². The first-order valence-corrected chi connectivity index (χ1v) is 13.2. The van der Waals surface area contributed by atoms with Crippen LogP contribution >= 0.6 is 34.4 Å². The van der Waals surface area contributed by atoms with E-state index in [0.717, 1.165) is 54.3 Å². The molecule has 0 bridgehead atoms. The van der Waals surface area contributed by atoms with Crippen molar-refractivity contribution in [1.82, 2.24) is 14.8 Å². The van der Waals surface area contributed by atoms with E-state index < -0.39 is 0 Å². The minimum absolute atomic E-state index is 0.120. The first kappa shape index (κ1) is 22.1. The highest BCUT2D eigenvalue weighted by molar-refractivity contribution is 7.99. The van der Waals surface area contributed by atoms with Crippen LogP contribution in [0.4, 0.5) is 5.00 Å². The van der Waals surface area contributed by atoms with Gasteiger partial charge in [-0.1, -0.05) is 25.6 Å². The molecule has 0 aliphatic heterocycles. The molecule has 4 rings (SSSR count). The van der Waals surface area contributed by atoms with E-state index in [9.17, 15) is 10.1 Å². The molecular weight excluding hydrogens is 446 g/mol. The molecule has 3 heterocycles. The Balaban J connectivity index is 1.45. The fourth-order valence-corrected chi connectivity index (χ4v) is 6.69. The van der Waals surface area contributed by atoms with Crippen molar-refractivity contribution in [3.05, 3.63) is 32.3 Å². The zero-order chi connectivity index (χ0) is 22.0. The highest BCUT2D eigenvalue weighted by atomic mass is 32.2. The predicted octanol–water partition coefficient (Wildman–Crippen LogP) is 5.69. The first-order chi connectivity index (χ1) is 15.0. The molecule has 0 fully saturated rings. The Morgan fingerprint density at radius 2 is 2.16 bits per heavy atom. The smallest absolute Gasteiger partial charge is 0.235 e. The maximum Gasteiger partial charge on any atom is 0.235 e. The normalized spacial score (nSPS) is 13.3. The molecule has 0 atom stereocenters. The van der Waals surface area contributed by atoms with Crippen molar-refractivity contribution >= 4 is 45.3 Å². The van der Waals surface area contributed by atoms with Crippen LogP contribution in [0.25, 0.3) is 11.4 Å². The molecule has 1 amide bonds. The van der Waals surface area contributed by atoms with E-state index in [2.05, 4.69) is 58.4 Å². The molecule has 0 radical (unpaired) electrons. The summed E-state index contributed by atoms with van der Waals surface area (Å²) in [4.78, 5) is 15.2. The number of hydrogen-bond acceptors (Lipinski definition) is 7. The Labute approximate surface area is 194 Å². The molecule has 1 aliphatic carbocycles. The van der Waals surface area contributed by atoms with Gasteiger partial charge in [0.25, 0.3) is 0 Å². The highest BCUT2D eigenvalue weighted by Gasteiger charge is 2.22. The van der Waals surface area contributed by atoms with Gasteiger partial charge in [-0.3, -0.25) is 4.79 Å². The number of aryl methyl sites for hydroxylation is 1. The number of fused-ring (bicyclic) bond motifs is 1. The maximum atomic E-state index is 12.6. The minimum Gasteiger partial charge on any atom is -0.316 e. The van der Waals surface area contributed by atoms with Gasteiger partial charge in [0.05, 0.1) is 11.3 Å². The number of nitrogens with one attached hydrogen (secondary N) is 1. The summed E-state index contributed by atoms with van der Waals surface area (Å²) in [6, 6.07) is 4.47. The molecule has 0 spiro atoms. The zero-order valence-electron chi connectivity index (χ0n) is 17.9. The Bertz CT molecular complexity index is 1130. The third kappa shape index (κ3) is 4.56. The lowest BCUT2D eigenvalue weighted by molar-refractivity contribution is -0.113. The minimum atomic E-state index is -0.120. The van der Waals surface area contributed by atoms with Crippen molar-refractivity contribution in [3.63, 3.8) is 0 Å². The lowest BCUT2D eigenvalue weighted by Crippen LogP contribution is -2.14. The molecule has 162 valence electrons. The van der Waals surface area contributed by atoms with Crippen LogP contribution in [0.1, 0.15) is 60.4 Å². The lowest BCUT2D eigenvalue weighted by atomic mass is 9.96. The molecule has 9 heteroatoms. The molecule has 31 heavy (non-hydrogen) atoms. The number of anilines is 1. The monoisotopic (exact) mass is 471 g/mol. The fourth-order valence-electron chi connectivity index (χ4n) is 3.73. The van der Waals surface area contributed by atoms with Gasteiger partial charge < -0.3 is 9.88 Å². The van der Waals surface area contributed by atoms with Crippen molar-refractivity contribution in [2.75, 3.05) is 11.1 Å². The van der Waals surface area contributed by atoms with Crippen molar-refractivity contribution in [3.8, 4) is 17.5 Å². The number of thiophene rings is 2. The summed E-state index contributed by atoms with van der Waals surface area (Å²) in [5, 5.41) is 24.8. The second-order valence-electron chi connectivity index (χ2n) is 7.81. The van der Waals surface area contributed by atoms with Crippen molar-refractivity contribution in [2.45, 2.75) is 64.1 Å². The average molecular weight is 472 g/mol. The van der Waals surface area contributed by atoms with Gasteiger partial charge >= 0.3 is 0 Å². The van der Waals surface area contributed by atoms with Gasteiger partial charge in [0.2, 0.25) is 5.91 Å². The van der Waals surface area contributed by atoms with Gasteiger partial charge in [-0.05, 0) is 50.2 Å². The van der Waals surface area contributed by atoms with Gasteiger partial charge in [-0.15, -0.1) is 32.9 Å². The first-order valence-electron chi connectivity index (χ1n) is 10.5. The highest BCUT2D eigenvalue weighted by Crippen LogP contribution is 2.38. The molecule has 0 unspecified atom stereocenters. The summed E-state index contributed by atoms with van der Waals surface area (Å²) in [5.74, 6) is 1.43. The number of aromatic nitrogens is 3. The lowest BCUT2D eigenvalue weighted by Gasteiger charge is -2.09. The Kier molecular flexibility index (Phi) is 6.80. The predicted molar refractivity (Wildman–Crippen MR) is 128 cm³/mol. The fraction of sp³-hybridized carbons (Fsp3) is 0.455. The molecule has 3 aromatic heterocycles. The molecule has 1 aliphatic rings. The van der Waals surface area contributed by atoms with Crippen LogP contribution in [0.15, 0.2) is 16.6 Å². The molecule has 6 nitrogen and oxygen atoms in total. The van der Waals surface area contributed by atoms with Gasteiger partial charge in [-0.25, -0.2) is 0 Å². The number of amides is 1. The van der Waals surface area contributed by atoms with Crippen LogP contribution in [0, 0.1) is 11.3 Å². The molecule has 3 aromatic rings. The number of carbonyl (C=O) groups excluding carboxylic acids is 1. The summed E-state index contributed by atoms with van der Waals surface area (Å²) < 4.78 is 2.05. The summed E-state index contributed by atoms with van der Waals surface area (Å²) in [5.41, 5.74) is 2.85. The van der Waals surface area contributed by atoms with Crippen molar-refractivity contribution in [2.24, 2.45) is 0 Å². The quantitative estimate of drug-likeness (QED) is 0.447. The van der Waals surface area contributed by atoms with Gasteiger partial charge in [-0.2, -0.15) is 5.26 Å². The third-order valence-electron chi connectivity index (χ3n) is 5.35. The summed E-state index contributed by atoms with van der Waals surface area (Å²) in [7, 11) is 0. The molecular formula is C22H25N5OS3. The molecule has 0 saturated carbocycles. The number of nitriles is 1. The van der Waals surface area contributed by atoms with E-state index in [4.69, 9.17) is 0 Å². The summed E-state index contributed by atoms with van der Waals surface area (Å²) in [6.07, 6.45) is 4.20. The maximum absolute atomic E-state index is 12.6. The number of hydrogen-bond donors (Lipinski definition) is 1. The Morgan fingerprint density at radius 3 is 2.87 bits per heavy atom. The van der Waals surface area contributed by atoms with E-state index in [-0.39, 0.29) is 11.7 Å². The topological polar surface area (TPSA) is 83.6 Å². The van der Waals surface area contributed by atoms with E-state index in [1.807, 2.05) is 0 Å². The number of rotatable bonds is 7. The molecule has 0 aromatic carbocycles. The SMILES string of the molecule is CCn1c(SCC(=O)Nc2sc3c(c2C#N)CCCC3)nnc1-c1csc(C(C)C)c1. The largest absolute Gasteiger partial charge is 0.316 e. The average Bonchev–Trinajstić information content (AvgIpc) is 3.47. The second-order valence-corrected chi connectivity index (χ2v) is 10.8. The number of thioether (sulfide) groups is 1. The van der Waals surface area contributed by atoms with E-state index >= 15 is 0 Å². The van der Waals surface area contributed by atoms with Crippen molar-refractivity contribution in [1.29, 1.82) is 5.26 Å². The second kappa shape index (κ2) is 9.55. The van der Waals surface area contributed by atoms with Crippen LogP contribution < -0.4 is 5.32 Å². The number of carbonyl (C=O) groups is 1. The Morgan fingerprint density at radius 1 is 1.35 bits per heavy atom. The Hall–Kier alpha value is -2.15. The van der Waals surface area contributed by atoms with E-state index in [0.29, 0.717) is 16.5 Å². The van der Waals surface area contributed by atoms with Crippen LogP contribution in [0.5, 0.6) is 0 Å². The van der Waals surface area contributed by atoms with Gasteiger partial charge in [0.1, 0.15) is 11.1 Å². The van der Waals surface area contributed by atoms with Crippen LogP contribution in [-0.2, 0) is 24.2 Å². The van der Waals surface area contributed by atoms with Crippen LogP contribution in [-0.4, -0.2) is 26.4 Å². The summed E-state index contributed by atoms with van der Waals surface area (Å²) >= 11 is 4.67. The van der Waals surface area contributed by atoms with E-state index in [1.165, 1.54) is 21.5 Å². The van der Waals surface area contributed by atoms with Gasteiger partial charge in [0.15, 0.2) is 11.0 Å². The molecule has 0 saturated heterocycles. The van der Waals surface area contributed by atoms with Crippen molar-refractivity contribution < 1.29 is 4.79 Å². The standard InChI is InChI=1S/C22H25N5OS3/c1-4-27-20(14-9-18(13(2)3)29-11-14)25-26-22(27)30-12-19(28)24-21-16(10-23)15-7-5-6-8-17(15)31-21/h9,11,13H,4-8,12H2,1-3H3,(H,24,28). The third-order valence-corrected chi connectivity index (χ3v) is 8.76. The zero-order valence-corrected chi connectivity index (χ0v) is 20.3.